The van der Waals surface area contributed by atoms with E-state index in [-0.39, 0.29) is 15.8 Å². The fraction of sp³-hybridized carbons (Fsp3) is 0.500. The van der Waals surface area contributed by atoms with Gasteiger partial charge in [0.05, 0.1) is 24.0 Å². The van der Waals surface area contributed by atoms with Gasteiger partial charge in [-0.25, -0.2) is 0 Å². The Morgan fingerprint density at radius 3 is 1.75 bits per heavy atom. The summed E-state index contributed by atoms with van der Waals surface area (Å²) in [5.74, 6) is 0. The van der Waals surface area contributed by atoms with Gasteiger partial charge in [0, 0.05) is 0 Å². The van der Waals surface area contributed by atoms with Crippen LogP contribution in [0.5, 0.6) is 0 Å². The van der Waals surface area contributed by atoms with Crippen molar-refractivity contribution in [2.45, 2.75) is 58.1 Å². The molecule has 1 unspecified atom stereocenters. The van der Waals surface area contributed by atoms with Crippen molar-refractivity contribution in [3.63, 3.8) is 0 Å². The molecule has 5 nitrogen and oxygen atoms in total. The van der Waals surface area contributed by atoms with Crippen molar-refractivity contribution in [3.8, 4) is 0 Å². The molecule has 0 radical (unpaired) electrons. The molecule has 0 aliphatic heterocycles. The molecule has 0 heterocycles. The third-order valence-electron chi connectivity index (χ3n) is 5.26. The predicted octanol–water partition coefficient (Wildman–Crippen LogP) is 5.23. The molecule has 0 aliphatic rings. The molecule has 2 aromatic rings. The van der Waals surface area contributed by atoms with Gasteiger partial charge in [0.2, 0.25) is 0 Å². The van der Waals surface area contributed by atoms with Gasteiger partial charge in [0.15, 0.2) is 6.29 Å². The molecule has 0 bridgehead atoms. The SMILES string of the molecule is CCOP(=O)(CS[C@H](C)C(O)O[Si](c1ccccc1)(c1ccccc1)C(C)(C)C)OCC. The van der Waals surface area contributed by atoms with Gasteiger partial charge in [-0.3, -0.25) is 4.57 Å². The van der Waals surface area contributed by atoms with Crippen molar-refractivity contribution < 1.29 is 23.1 Å². The number of hydrogen-bond donors (Lipinski definition) is 1. The zero-order chi connectivity index (χ0) is 23.8. The van der Waals surface area contributed by atoms with Crippen LogP contribution in [0, 0.1) is 0 Å². The third kappa shape index (κ3) is 6.57. The lowest BCUT2D eigenvalue weighted by molar-refractivity contribution is -0.0224. The minimum atomic E-state index is -3.21. The van der Waals surface area contributed by atoms with E-state index in [1.807, 2.05) is 43.3 Å². The van der Waals surface area contributed by atoms with Gasteiger partial charge in [-0.15, -0.1) is 11.8 Å². The van der Waals surface area contributed by atoms with E-state index in [0.29, 0.717) is 13.2 Å². The van der Waals surface area contributed by atoms with Gasteiger partial charge in [-0.05, 0) is 36.2 Å². The topological polar surface area (TPSA) is 65.0 Å². The first-order valence-corrected chi connectivity index (χ1v) is 15.7. The highest BCUT2D eigenvalue weighted by Gasteiger charge is 2.52. The molecule has 2 aromatic carbocycles. The Labute approximate surface area is 198 Å². The van der Waals surface area contributed by atoms with Crippen LogP contribution in [0.1, 0.15) is 41.5 Å². The van der Waals surface area contributed by atoms with E-state index in [1.165, 1.54) is 11.8 Å². The number of aliphatic hydroxyl groups excluding tert-OH is 1. The van der Waals surface area contributed by atoms with Crippen molar-refractivity contribution in [3.05, 3.63) is 60.7 Å². The minimum Gasteiger partial charge on any atom is -0.382 e. The normalized spacial score (nSPS) is 14.8. The second-order valence-electron chi connectivity index (χ2n) is 8.62. The number of aliphatic hydroxyl groups is 1. The Hall–Kier alpha value is -0.923. The summed E-state index contributed by atoms with van der Waals surface area (Å²) in [5, 5.41) is 12.8. The van der Waals surface area contributed by atoms with Crippen LogP contribution < -0.4 is 10.4 Å². The molecule has 32 heavy (non-hydrogen) atoms. The van der Waals surface area contributed by atoms with Gasteiger partial charge in [-0.2, -0.15) is 0 Å². The van der Waals surface area contributed by atoms with Crippen LogP contribution in [0.4, 0.5) is 0 Å². The van der Waals surface area contributed by atoms with Gasteiger partial charge < -0.3 is 18.6 Å². The highest BCUT2D eigenvalue weighted by molar-refractivity contribution is 8.05. The molecule has 0 spiro atoms. The fourth-order valence-corrected chi connectivity index (χ4v) is 11.8. The monoisotopic (exact) mass is 496 g/mol. The molecule has 0 aliphatic carbocycles. The fourth-order valence-electron chi connectivity index (χ4n) is 3.76. The van der Waals surface area contributed by atoms with Crippen molar-refractivity contribution in [2.75, 3.05) is 18.7 Å². The lowest BCUT2D eigenvalue weighted by Gasteiger charge is -2.44. The number of benzene rings is 2. The van der Waals surface area contributed by atoms with Gasteiger partial charge >= 0.3 is 7.60 Å². The zero-order valence-electron chi connectivity index (χ0n) is 20.0. The molecule has 0 fully saturated rings. The average Bonchev–Trinajstić information content (AvgIpc) is 2.76. The summed E-state index contributed by atoms with van der Waals surface area (Å²) in [6.07, 6.45) is -1.05. The summed E-state index contributed by atoms with van der Waals surface area (Å²) in [5.41, 5.74) is 0.164. The number of thioether (sulfide) groups is 1. The summed E-state index contributed by atoms with van der Waals surface area (Å²) in [4.78, 5) is 0. The van der Waals surface area contributed by atoms with Crippen LogP contribution in [0.2, 0.25) is 5.04 Å². The maximum atomic E-state index is 12.8. The molecule has 0 aromatic heterocycles. The standard InChI is InChI=1S/C24H37O5PSSi/c1-7-27-30(26,28-8-2)19-31-20(3)23(25)29-32(24(4,5)6,21-15-11-9-12-16-21)22-17-13-10-14-18-22/h9-18,20,23,25H,7-8,19H2,1-6H3/t20-,23?/m1/s1. The smallest absolute Gasteiger partial charge is 0.340 e. The lowest BCUT2D eigenvalue weighted by atomic mass is 10.2. The summed E-state index contributed by atoms with van der Waals surface area (Å²) >= 11 is 1.35. The highest BCUT2D eigenvalue weighted by Crippen LogP contribution is 2.51. The molecule has 8 heteroatoms. The second-order valence-corrected chi connectivity index (χ2v) is 16.7. The van der Waals surface area contributed by atoms with Crippen LogP contribution in [0.15, 0.2) is 60.7 Å². The Morgan fingerprint density at radius 1 is 0.938 bits per heavy atom. The van der Waals surface area contributed by atoms with Crippen LogP contribution in [0.25, 0.3) is 0 Å². The predicted molar refractivity (Wildman–Crippen MR) is 137 cm³/mol. The zero-order valence-corrected chi connectivity index (χ0v) is 22.7. The Kier molecular flexibility index (Phi) is 10.2. The average molecular weight is 497 g/mol. The van der Waals surface area contributed by atoms with Gasteiger partial charge in [-0.1, -0.05) is 81.4 Å². The molecule has 1 N–H and O–H groups in total. The summed E-state index contributed by atoms with van der Waals surface area (Å²) < 4.78 is 30.4. The van der Waals surface area contributed by atoms with E-state index in [9.17, 15) is 9.67 Å². The summed E-state index contributed by atoms with van der Waals surface area (Å²) in [6.45, 7) is 12.6. The first kappa shape index (κ1) is 27.3. The summed E-state index contributed by atoms with van der Waals surface area (Å²) in [7, 11) is -6.08. The second kappa shape index (κ2) is 12.0. The van der Waals surface area contributed by atoms with Crippen LogP contribution in [0.3, 0.4) is 0 Å². The largest absolute Gasteiger partial charge is 0.382 e. The van der Waals surface area contributed by atoms with Crippen LogP contribution >= 0.6 is 19.4 Å². The van der Waals surface area contributed by atoms with Crippen molar-refractivity contribution in [2.24, 2.45) is 0 Å². The van der Waals surface area contributed by atoms with Crippen molar-refractivity contribution in [1.82, 2.24) is 0 Å². The molecular formula is C24H37O5PSSi. The molecule has 0 amide bonds. The van der Waals surface area contributed by atoms with E-state index in [0.717, 1.165) is 10.4 Å². The maximum Gasteiger partial charge on any atom is 0.340 e. The Bertz CT molecular complexity index is 810. The molecule has 178 valence electrons. The Morgan fingerprint density at radius 2 is 1.38 bits per heavy atom. The van der Waals surface area contributed by atoms with Crippen LogP contribution in [-0.2, 0) is 18.0 Å². The minimum absolute atomic E-state index is 0.164. The lowest BCUT2D eigenvalue weighted by Crippen LogP contribution is -2.68. The first-order valence-electron chi connectivity index (χ1n) is 11.1. The van der Waals surface area contributed by atoms with Gasteiger partial charge in [0.25, 0.3) is 8.32 Å². The van der Waals surface area contributed by atoms with Crippen molar-refractivity contribution in [1.29, 1.82) is 0 Å². The van der Waals surface area contributed by atoms with E-state index < -0.39 is 22.2 Å². The number of hydrogen-bond acceptors (Lipinski definition) is 6. The molecule has 0 saturated carbocycles. The van der Waals surface area contributed by atoms with E-state index >= 15 is 0 Å². The molecular weight excluding hydrogens is 459 g/mol. The highest BCUT2D eigenvalue weighted by atomic mass is 32.2. The maximum absolute atomic E-state index is 12.8. The van der Waals surface area contributed by atoms with Crippen LogP contribution in [-0.4, -0.2) is 43.7 Å². The molecule has 0 saturated heterocycles. The summed E-state index contributed by atoms with van der Waals surface area (Å²) in [6, 6.07) is 20.4. The van der Waals surface area contributed by atoms with E-state index in [2.05, 4.69) is 45.0 Å². The quantitative estimate of drug-likeness (QED) is 0.247. The Balaban J connectivity index is 2.37. The van der Waals surface area contributed by atoms with E-state index in [1.54, 1.807) is 13.8 Å². The molecule has 2 atom stereocenters. The van der Waals surface area contributed by atoms with Gasteiger partial charge in [0.1, 0.15) is 0 Å². The molecule has 2 rings (SSSR count). The first-order chi connectivity index (χ1) is 15.1. The third-order valence-corrected chi connectivity index (χ3v) is 14.2. The van der Waals surface area contributed by atoms with Crippen molar-refractivity contribution >= 4 is 38.0 Å². The van der Waals surface area contributed by atoms with E-state index in [4.69, 9.17) is 13.5 Å². The number of rotatable bonds is 12.